The van der Waals surface area contributed by atoms with E-state index in [1.54, 1.807) is 18.2 Å². The minimum absolute atomic E-state index is 0.222. The fourth-order valence-electron chi connectivity index (χ4n) is 1.92. The topological polar surface area (TPSA) is 83.8 Å². The van der Waals surface area contributed by atoms with Crippen LogP contribution in [0.4, 0.5) is 17.3 Å². The van der Waals surface area contributed by atoms with Crippen molar-refractivity contribution >= 4 is 44.2 Å². The Morgan fingerprint density at radius 3 is 2.85 bits per heavy atom. The highest BCUT2D eigenvalue weighted by Gasteiger charge is 2.04. The zero-order chi connectivity index (χ0) is 14.1. The Hall–Kier alpha value is -2.34. The average molecular weight is 331 g/mol. The molecule has 2 aromatic carbocycles. The zero-order valence-corrected chi connectivity index (χ0v) is 11.9. The van der Waals surface area contributed by atoms with Crippen LogP contribution >= 0.6 is 15.9 Å². The maximum Gasteiger partial charge on any atom is 0.260 e. The molecule has 0 aliphatic heterocycles. The minimum Gasteiger partial charge on any atom is -0.399 e. The second-order valence-corrected chi connectivity index (χ2v) is 5.24. The van der Waals surface area contributed by atoms with E-state index >= 15 is 0 Å². The number of hydrogen-bond donors (Lipinski definition) is 3. The number of fused-ring (bicyclic) bond motifs is 1. The number of nitrogens with one attached hydrogen (secondary N) is 2. The number of rotatable bonds is 2. The van der Waals surface area contributed by atoms with E-state index in [0.717, 1.165) is 10.2 Å². The highest BCUT2D eigenvalue weighted by atomic mass is 79.9. The second-order valence-electron chi connectivity index (χ2n) is 4.33. The lowest BCUT2D eigenvalue weighted by atomic mass is 10.2. The molecule has 0 bridgehead atoms. The van der Waals surface area contributed by atoms with E-state index in [2.05, 4.69) is 31.2 Å². The molecular formula is C14H11BrN4O. The molecule has 6 heteroatoms. The van der Waals surface area contributed by atoms with Crippen LogP contribution in [-0.2, 0) is 0 Å². The summed E-state index contributed by atoms with van der Waals surface area (Å²) in [6, 6.07) is 12.7. The van der Waals surface area contributed by atoms with Crippen LogP contribution < -0.4 is 16.6 Å². The summed E-state index contributed by atoms with van der Waals surface area (Å²) in [7, 11) is 0. The number of hydrogen-bond acceptors (Lipinski definition) is 4. The van der Waals surface area contributed by atoms with Crippen LogP contribution in [0.5, 0.6) is 0 Å². The van der Waals surface area contributed by atoms with Gasteiger partial charge in [-0.15, -0.1) is 0 Å². The molecule has 0 unspecified atom stereocenters. The first kappa shape index (κ1) is 12.7. The quantitative estimate of drug-likeness (QED) is 0.630. The Morgan fingerprint density at radius 1 is 1.20 bits per heavy atom. The molecule has 5 nitrogen and oxygen atoms in total. The van der Waals surface area contributed by atoms with Crippen LogP contribution in [-0.4, -0.2) is 9.97 Å². The summed E-state index contributed by atoms with van der Waals surface area (Å²) in [6.07, 6.45) is 0. The molecule has 20 heavy (non-hydrogen) atoms. The molecule has 0 aliphatic carbocycles. The maximum absolute atomic E-state index is 12.0. The van der Waals surface area contributed by atoms with E-state index in [1.165, 1.54) is 0 Å². The summed E-state index contributed by atoms with van der Waals surface area (Å²) in [5.74, 6) is 0.394. The van der Waals surface area contributed by atoms with Gasteiger partial charge in [-0.3, -0.25) is 9.78 Å². The number of anilines is 3. The van der Waals surface area contributed by atoms with Crippen molar-refractivity contribution in [1.29, 1.82) is 0 Å². The van der Waals surface area contributed by atoms with Gasteiger partial charge in [-0.05, 0) is 36.4 Å². The highest BCUT2D eigenvalue weighted by molar-refractivity contribution is 9.10. The fourth-order valence-corrected chi connectivity index (χ4v) is 2.32. The number of nitrogens with zero attached hydrogens (tertiary/aromatic N) is 1. The van der Waals surface area contributed by atoms with Crippen LogP contribution in [0.1, 0.15) is 0 Å². The van der Waals surface area contributed by atoms with E-state index in [1.807, 2.05) is 24.3 Å². The van der Waals surface area contributed by atoms with Gasteiger partial charge in [-0.1, -0.05) is 22.0 Å². The van der Waals surface area contributed by atoms with Crippen LogP contribution in [0, 0.1) is 0 Å². The Morgan fingerprint density at radius 2 is 2.05 bits per heavy atom. The van der Waals surface area contributed by atoms with Crippen molar-refractivity contribution < 1.29 is 0 Å². The van der Waals surface area contributed by atoms with Gasteiger partial charge in [0.15, 0.2) is 0 Å². The van der Waals surface area contributed by atoms with Crippen LogP contribution in [0.25, 0.3) is 10.9 Å². The van der Waals surface area contributed by atoms with Gasteiger partial charge in [0, 0.05) is 15.8 Å². The SMILES string of the molecule is Nc1ccc2nc(Nc3cccc(Br)c3)[nH]c(=O)c2c1. The lowest BCUT2D eigenvalue weighted by Gasteiger charge is -2.07. The van der Waals surface area contributed by atoms with Gasteiger partial charge < -0.3 is 11.1 Å². The number of benzene rings is 2. The van der Waals surface area contributed by atoms with Crippen molar-refractivity contribution in [3.8, 4) is 0 Å². The lowest BCUT2D eigenvalue weighted by molar-refractivity contribution is 1.17. The molecule has 0 radical (unpaired) electrons. The van der Waals surface area contributed by atoms with Gasteiger partial charge in [0.05, 0.1) is 10.9 Å². The Balaban J connectivity index is 2.05. The highest BCUT2D eigenvalue weighted by Crippen LogP contribution is 2.19. The Kier molecular flexibility index (Phi) is 3.15. The molecule has 1 heterocycles. The number of nitrogen functional groups attached to an aromatic ring is 1. The van der Waals surface area contributed by atoms with Gasteiger partial charge in [-0.2, -0.15) is 0 Å². The van der Waals surface area contributed by atoms with Crippen LogP contribution in [0.3, 0.4) is 0 Å². The molecule has 0 amide bonds. The van der Waals surface area contributed by atoms with E-state index in [-0.39, 0.29) is 5.56 Å². The Bertz CT molecular complexity index is 844. The van der Waals surface area contributed by atoms with Crippen molar-refractivity contribution in [3.63, 3.8) is 0 Å². The molecule has 0 atom stereocenters. The van der Waals surface area contributed by atoms with E-state index in [4.69, 9.17) is 5.73 Å². The minimum atomic E-state index is -0.222. The van der Waals surface area contributed by atoms with Gasteiger partial charge in [0.2, 0.25) is 5.95 Å². The summed E-state index contributed by atoms with van der Waals surface area (Å²) < 4.78 is 0.943. The molecule has 0 saturated heterocycles. The lowest BCUT2D eigenvalue weighted by Crippen LogP contribution is -2.11. The zero-order valence-electron chi connectivity index (χ0n) is 10.4. The number of halogens is 1. The number of aromatic amines is 1. The predicted molar refractivity (Wildman–Crippen MR) is 84.2 cm³/mol. The van der Waals surface area contributed by atoms with E-state index in [9.17, 15) is 4.79 Å². The van der Waals surface area contributed by atoms with Crippen molar-refractivity contribution in [3.05, 3.63) is 57.3 Å². The van der Waals surface area contributed by atoms with Crippen molar-refractivity contribution in [2.45, 2.75) is 0 Å². The van der Waals surface area contributed by atoms with E-state index in [0.29, 0.717) is 22.5 Å². The van der Waals surface area contributed by atoms with Crippen LogP contribution in [0.2, 0.25) is 0 Å². The normalized spacial score (nSPS) is 10.7. The monoisotopic (exact) mass is 330 g/mol. The second kappa shape index (κ2) is 4.97. The maximum atomic E-state index is 12.0. The number of aromatic nitrogens is 2. The molecule has 4 N–H and O–H groups in total. The van der Waals surface area contributed by atoms with Crippen molar-refractivity contribution in [1.82, 2.24) is 9.97 Å². The molecule has 100 valence electrons. The van der Waals surface area contributed by atoms with Gasteiger partial charge in [-0.25, -0.2) is 4.98 Å². The molecule has 0 aliphatic rings. The first-order valence-corrected chi connectivity index (χ1v) is 6.73. The van der Waals surface area contributed by atoms with Gasteiger partial charge in [0.25, 0.3) is 5.56 Å². The van der Waals surface area contributed by atoms with Gasteiger partial charge in [0.1, 0.15) is 0 Å². The van der Waals surface area contributed by atoms with Crippen molar-refractivity contribution in [2.24, 2.45) is 0 Å². The first-order valence-electron chi connectivity index (χ1n) is 5.94. The molecule has 0 fully saturated rings. The third-order valence-electron chi connectivity index (χ3n) is 2.82. The smallest absolute Gasteiger partial charge is 0.260 e. The summed E-state index contributed by atoms with van der Waals surface area (Å²) in [6.45, 7) is 0. The number of nitrogens with two attached hydrogens (primary N) is 1. The third kappa shape index (κ3) is 2.50. The fraction of sp³-hybridized carbons (Fsp3) is 0. The summed E-state index contributed by atoms with van der Waals surface area (Å²) in [4.78, 5) is 19.1. The predicted octanol–water partition coefficient (Wildman–Crippen LogP) is 3.01. The summed E-state index contributed by atoms with van der Waals surface area (Å²) in [5, 5.41) is 3.54. The standard InChI is InChI=1S/C14H11BrN4O/c15-8-2-1-3-10(6-8)17-14-18-12-5-4-9(16)7-11(12)13(20)19-14/h1-7H,16H2,(H2,17,18,19,20). The first-order chi connectivity index (χ1) is 9.61. The molecule has 3 rings (SSSR count). The summed E-state index contributed by atoms with van der Waals surface area (Å²) >= 11 is 3.39. The average Bonchev–Trinajstić information content (AvgIpc) is 2.40. The number of H-pyrrole nitrogens is 1. The molecule has 1 aromatic heterocycles. The molecule has 0 saturated carbocycles. The summed E-state index contributed by atoms with van der Waals surface area (Å²) in [5.41, 5.74) is 7.42. The molecule has 3 aromatic rings. The van der Waals surface area contributed by atoms with E-state index < -0.39 is 0 Å². The molecular weight excluding hydrogens is 320 g/mol. The van der Waals surface area contributed by atoms with Gasteiger partial charge >= 0.3 is 0 Å². The molecule has 0 spiro atoms. The Labute approximate surface area is 123 Å². The van der Waals surface area contributed by atoms with Crippen molar-refractivity contribution in [2.75, 3.05) is 11.1 Å². The van der Waals surface area contributed by atoms with Crippen LogP contribution in [0.15, 0.2) is 51.7 Å². The third-order valence-corrected chi connectivity index (χ3v) is 3.31. The largest absolute Gasteiger partial charge is 0.399 e.